The molecule has 13 saturated carbocycles. The van der Waals surface area contributed by atoms with Crippen molar-refractivity contribution in [1.82, 2.24) is 0 Å². The third-order valence-corrected chi connectivity index (χ3v) is 34.3. The van der Waals surface area contributed by atoms with E-state index >= 15 is 0 Å². The number of benzene rings is 6. The monoisotopic (exact) mass is 1660 g/mol. The first-order valence-electron chi connectivity index (χ1n) is 51.2. The summed E-state index contributed by atoms with van der Waals surface area (Å²) in [5.74, 6) is 21.2. The van der Waals surface area contributed by atoms with Crippen LogP contribution in [0.1, 0.15) is 376 Å². The number of aromatic hydroxyl groups is 1. The van der Waals surface area contributed by atoms with Crippen LogP contribution in [-0.4, -0.2) is 55.7 Å². The van der Waals surface area contributed by atoms with Crippen LogP contribution >= 0.6 is 0 Å². The van der Waals surface area contributed by atoms with Gasteiger partial charge in [-0.2, -0.15) is 0 Å². The molecular weight excluding hydrogens is 1500 g/mol. The van der Waals surface area contributed by atoms with Gasteiger partial charge in [-0.05, 0) is 346 Å². The average Bonchev–Trinajstić information content (AvgIpc) is 1.54. The second-order valence-corrected chi connectivity index (χ2v) is 42.1. The van der Waals surface area contributed by atoms with Crippen molar-refractivity contribution in [2.45, 2.75) is 380 Å². The Morgan fingerprint density at radius 1 is 0.361 bits per heavy atom. The zero-order valence-electron chi connectivity index (χ0n) is 77.1. The van der Waals surface area contributed by atoms with Crippen molar-refractivity contribution >= 4 is 0 Å². The zero-order chi connectivity index (χ0) is 84.0. The predicted molar refractivity (Wildman–Crippen MR) is 498 cm³/mol. The van der Waals surface area contributed by atoms with Gasteiger partial charge in [0, 0.05) is 31.6 Å². The van der Waals surface area contributed by atoms with Crippen molar-refractivity contribution < 1.29 is 43.0 Å². The molecule has 6 aromatic rings. The quantitative estimate of drug-likeness (QED) is 0.0308. The van der Waals surface area contributed by atoms with E-state index in [4.69, 9.17) is 37.9 Å². The lowest BCUT2D eigenvalue weighted by molar-refractivity contribution is -0.157. The van der Waals surface area contributed by atoms with Crippen molar-refractivity contribution in [3.63, 3.8) is 0 Å². The number of ether oxygens (including phenoxy) is 8. The lowest BCUT2D eigenvalue weighted by Crippen LogP contribution is -2.46. The fourth-order valence-electron chi connectivity index (χ4n) is 27.0. The Labute approximate surface area is 738 Å². The van der Waals surface area contributed by atoms with Crippen molar-refractivity contribution in [3.8, 4) is 39.9 Å². The van der Waals surface area contributed by atoms with Gasteiger partial charge in [0.2, 0.25) is 12.6 Å². The van der Waals surface area contributed by atoms with Gasteiger partial charge in [-0.25, -0.2) is 0 Å². The van der Waals surface area contributed by atoms with Gasteiger partial charge in [0.05, 0.1) is 25.4 Å². The average molecular weight is 1660 g/mol. The van der Waals surface area contributed by atoms with Gasteiger partial charge in [0.25, 0.3) is 0 Å². The van der Waals surface area contributed by atoms with E-state index in [1.165, 1.54) is 224 Å². The Bertz CT molecular complexity index is 4020. The first-order chi connectivity index (χ1) is 59.7. The summed E-state index contributed by atoms with van der Waals surface area (Å²) in [7, 11) is 0. The molecule has 0 heterocycles. The molecular formula is C113H160O9. The van der Waals surface area contributed by atoms with Crippen LogP contribution < -0.4 is 18.9 Å². The zero-order valence-corrected chi connectivity index (χ0v) is 77.1. The van der Waals surface area contributed by atoms with E-state index in [0.29, 0.717) is 53.5 Å². The van der Waals surface area contributed by atoms with Crippen LogP contribution in [-0.2, 0) is 18.9 Å². The SMILES string of the molecule is CCC(C)c1ccc(OC(CC2CC3CCC2C3)OC2CC3CC2C2C4CCC(C4)C32)cc1.CCC(C)c1ccc(OC(CC2CCCCC2)OC2CCCCC2)c(O)c1.CCC(C)c1ccc(OC(CC2c3ccccc3-c3ccccc32)OCCC2CCCCC2)cc1.CCCOC(CC1C2CC3CC(C2)CC1C3)Oc1ccc(C(C)CC)cc1. The summed E-state index contributed by atoms with van der Waals surface area (Å²) in [5, 5.41) is 10.5. The second kappa shape index (κ2) is 43.3. The minimum absolute atomic E-state index is 0.0508. The van der Waals surface area contributed by atoms with E-state index < -0.39 is 0 Å². The Hall–Kier alpha value is -5.84. The Morgan fingerprint density at radius 2 is 0.844 bits per heavy atom. The summed E-state index contributed by atoms with van der Waals surface area (Å²) < 4.78 is 52.0. The van der Waals surface area contributed by atoms with E-state index in [9.17, 15) is 5.11 Å². The van der Waals surface area contributed by atoms with Gasteiger partial charge in [-0.15, -0.1) is 0 Å². The molecule has 0 amide bonds. The number of fused-ring (bicyclic) bond motifs is 14. The highest BCUT2D eigenvalue weighted by Gasteiger charge is 2.63. The van der Waals surface area contributed by atoms with Gasteiger partial charge in [-0.1, -0.05) is 243 Å². The van der Waals surface area contributed by atoms with Crippen molar-refractivity contribution in [1.29, 1.82) is 0 Å². The molecule has 0 radical (unpaired) electrons. The molecule has 0 spiro atoms. The summed E-state index contributed by atoms with van der Waals surface area (Å²) in [5.41, 5.74) is 10.9. The number of hydrogen-bond donors (Lipinski definition) is 1. The molecule has 0 saturated heterocycles. The van der Waals surface area contributed by atoms with Crippen LogP contribution in [0.5, 0.6) is 28.7 Å². The Balaban J connectivity index is 0.000000121. The molecule has 0 aromatic heterocycles. The van der Waals surface area contributed by atoms with Crippen molar-refractivity contribution in [3.05, 3.63) is 173 Å². The van der Waals surface area contributed by atoms with Gasteiger partial charge in [0.15, 0.2) is 24.1 Å². The maximum absolute atomic E-state index is 10.5. The van der Waals surface area contributed by atoms with Crippen LogP contribution in [0.2, 0.25) is 0 Å². The van der Waals surface area contributed by atoms with Crippen LogP contribution in [0, 0.1) is 94.7 Å². The van der Waals surface area contributed by atoms with Gasteiger partial charge < -0.3 is 43.0 Å². The lowest BCUT2D eigenvalue weighted by atomic mass is 9.51. The maximum Gasteiger partial charge on any atom is 0.200 e. The van der Waals surface area contributed by atoms with E-state index in [-0.39, 0.29) is 30.9 Å². The first kappa shape index (κ1) is 89.5. The topological polar surface area (TPSA) is 94.1 Å². The summed E-state index contributed by atoms with van der Waals surface area (Å²) in [6.07, 6.45) is 51.1. The molecule has 9 heteroatoms. The second-order valence-electron chi connectivity index (χ2n) is 42.1. The van der Waals surface area contributed by atoms with Crippen LogP contribution in [0.4, 0.5) is 0 Å². The normalized spacial score (nSPS) is 29.8. The number of phenols is 1. The van der Waals surface area contributed by atoms with Gasteiger partial charge >= 0.3 is 0 Å². The predicted octanol–water partition coefficient (Wildman–Crippen LogP) is 30.6. The number of hydrogen-bond acceptors (Lipinski definition) is 9. The summed E-state index contributed by atoms with van der Waals surface area (Å²) in [4.78, 5) is 0. The van der Waals surface area contributed by atoms with Crippen molar-refractivity contribution in [2.75, 3.05) is 13.2 Å². The van der Waals surface area contributed by atoms with Crippen LogP contribution in [0.25, 0.3) is 11.1 Å². The molecule has 20 rings (SSSR count). The molecule has 0 aliphatic heterocycles. The molecule has 18 unspecified atom stereocenters. The molecule has 9 nitrogen and oxygen atoms in total. The number of rotatable bonds is 35. The minimum atomic E-state index is -0.266. The highest BCUT2D eigenvalue weighted by atomic mass is 16.7. The Morgan fingerprint density at radius 3 is 1.38 bits per heavy atom. The summed E-state index contributed by atoms with van der Waals surface area (Å²) in [6.45, 7) is 21.7. The molecule has 13 fully saturated rings. The molecule has 6 aromatic carbocycles. The molecule has 122 heavy (non-hydrogen) atoms. The minimum Gasteiger partial charge on any atom is -0.504 e. The first-order valence-corrected chi connectivity index (χ1v) is 51.2. The molecule has 10 bridgehead atoms. The largest absolute Gasteiger partial charge is 0.504 e. The third kappa shape index (κ3) is 22.5. The standard InChI is InChI=1S/C33H40O2.C31H44O2.C25H38O2.C24H38O3/c1-3-24(2)26-17-19-27(20-18-26)35-33(34-22-21-25-11-5-4-6-12-25)23-32-30-15-9-7-13-28(30)29-14-8-10-16-31(29)32;1-3-18(2)20-8-10-26(11-9-20)32-29(17-24-13-19-4-5-21(24)12-19)33-28-16-25-15-27(28)31-23-7-6-22(14-23)30(25)31;1-4-10-26-25(27-23-8-6-20(7-9-23)17(3)5-2)16-24-21-12-18-11-19(14-21)15-22(24)13-18;1-3-18(2)20-14-15-23(22(25)17-20)27-24(16-19-10-6-4-7-11-19)26-21-12-8-5-9-13-21/h7-10,13-20,24-25,32-33H,3-6,11-12,21-23H2,1-2H3;8-11,18-19,21-25,27-31H,3-7,12-17H2,1-2H3;6-9,17-19,21-22,24-25H,4-5,10-16H2,1-3H3;14-15,17-19,21,24-25H,3-13,16H2,1-2H3. The van der Waals surface area contributed by atoms with E-state index in [2.05, 4.69) is 190 Å². The maximum atomic E-state index is 10.5. The highest BCUT2D eigenvalue weighted by molar-refractivity contribution is 5.78. The molecule has 666 valence electrons. The fraction of sp³-hybridized carbons (Fsp3) is 0.681. The van der Waals surface area contributed by atoms with E-state index in [1.807, 2.05) is 12.1 Å². The van der Waals surface area contributed by atoms with Gasteiger partial charge in [-0.3, -0.25) is 0 Å². The Kier molecular flexibility index (Phi) is 31.8. The summed E-state index contributed by atoms with van der Waals surface area (Å²) in [6, 6.07) is 49.9. The molecule has 18 atom stereocenters. The van der Waals surface area contributed by atoms with E-state index in [0.717, 1.165) is 183 Å². The smallest absolute Gasteiger partial charge is 0.200 e. The molecule has 14 aliphatic carbocycles. The van der Waals surface area contributed by atoms with Crippen molar-refractivity contribution in [2.24, 2.45) is 94.7 Å². The van der Waals surface area contributed by atoms with Crippen LogP contribution in [0.3, 0.4) is 0 Å². The highest BCUT2D eigenvalue weighted by Crippen LogP contribution is 2.68. The van der Waals surface area contributed by atoms with Gasteiger partial charge in [0.1, 0.15) is 17.2 Å². The third-order valence-electron chi connectivity index (χ3n) is 34.3. The number of phenolic OH excluding ortho intramolecular Hbond substituents is 1. The lowest BCUT2D eigenvalue weighted by Gasteiger charge is -2.55. The molecule has 1 N–H and O–H groups in total. The molecule has 14 aliphatic rings. The fourth-order valence-corrected chi connectivity index (χ4v) is 27.0. The van der Waals surface area contributed by atoms with E-state index in [1.54, 1.807) is 6.42 Å². The van der Waals surface area contributed by atoms with Crippen LogP contribution in [0.15, 0.2) is 140 Å². The summed E-state index contributed by atoms with van der Waals surface area (Å²) >= 11 is 0.